The number of guanidine groups is 1. The molecule has 30 heavy (non-hydrogen) atoms. The van der Waals surface area contributed by atoms with Gasteiger partial charge in [0.1, 0.15) is 0 Å². The lowest BCUT2D eigenvalue weighted by Gasteiger charge is -2.13. The highest BCUT2D eigenvalue weighted by Gasteiger charge is 2.14. The average molecular weight is 440 g/mol. The van der Waals surface area contributed by atoms with Crippen molar-refractivity contribution in [2.75, 3.05) is 21.3 Å². The van der Waals surface area contributed by atoms with Crippen molar-refractivity contribution in [1.29, 1.82) is 0 Å². The van der Waals surface area contributed by atoms with Gasteiger partial charge in [-0.2, -0.15) is 13.5 Å². The number of benzene rings is 2. The molecule has 0 amide bonds. The molecule has 0 aliphatic rings. The van der Waals surface area contributed by atoms with Gasteiger partial charge in [0.25, 0.3) is 10.1 Å². The Bertz CT molecular complexity index is 990. The first-order valence-corrected chi connectivity index (χ1v) is 9.71. The van der Waals surface area contributed by atoms with E-state index in [4.69, 9.17) is 29.7 Å². The van der Waals surface area contributed by atoms with E-state index in [0.29, 0.717) is 22.8 Å². The molecule has 0 unspecified atom stereocenters. The van der Waals surface area contributed by atoms with Crippen LogP contribution in [-0.4, -0.2) is 51.7 Å². The van der Waals surface area contributed by atoms with Crippen LogP contribution in [0, 0.1) is 6.92 Å². The highest BCUT2D eigenvalue weighted by molar-refractivity contribution is 7.85. The molecule has 0 radical (unpaired) electrons. The Morgan fingerprint density at radius 3 is 2.10 bits per heavy atom. The minimum atomic E-state index is -4.02. The van der Waals surface area contributed by atoms with E-state index in [1.54, 1.807) is 29.7 Å². The van der Waals surface area contributed by atoms with Crippen LogP contribution in [0.2, 0.25) is 0 Å². The summed E-state index contributed by atoms with van der Waals surface area (Å²) in [7, 11) is 0.520. The summed E-state index contributed by atoms with van der Waals surface area (Å²) in [6, 6.07) is 9.42. The number of nitrogens with one attached hydrogen (secondary N) is 1. The fourth-order valence-corrected chi connectivity index (χ4v) is 2.59. The van der Waals surface area contributed by atoms with Crippen molar-refractivity contribution in [3.8, 4) is 17.2 Å². The highest BCUT2D eigenvalue weighted by atomic mass is 32.2. The maximum atomic E-state index is 10.5. The van der Waals surface area contributed by atoms with Gasteiger partial charge in [-0.05, 0) is 31.2 Å². The van der Waals surface area contributed by atoms with Crippen LogP contribution in [-0.2, 0) is 10.1 Å². The van der Waals surface area contributed by atoms with Crippen molar-refractivity contribution in [3.05, 3.63) is 47.5 Å². The fourth-order valence-electron chi connectivity index (χ4n) is 2.11. The van der Waals surface area contributed by atoms with Crippen molar-refractivity contribution < 1.29 is 32.4 Å². The number of hydrogen-bond acceptors (Lipinski definition) is 8. The van der Waals surface area contributed by atoms with Gasteiger partial charge in [-0.25, -0.2) is 5.48 Å². The number of hydroxylamine groups is 1. The van der Waals surface area contributed by atoms with Gasteiger partial charge in [0.05, 0.1) is 32.4 Å². The van der Waals surface area contributed by atoms with Crippen molar-refractivity contribution >= 4 is 22.3 Å². The van der Waals surface area contributed by atoms with Gasteiger partial charge in [-0.3, -0.25) is 9.76 Å². The smallest absolute Gasteiger partial charge is 0.294 e. The molecule has 0 aliphatic heterocycles. The lowest BCUT2D eigenvalue weighted by molar-refractivity contribution is 0.232. The molecule has 0 saturated carbocycles. The first-order valence-electron chi connectivity index (χ1n) is 8.27. The van der Waals surface area contributed by atoms with Crippen LogP contribution in [0.25, 0.3) is 0 Å². The van der Waals surface area contributed by atoms with E-state index in [9.17, 15) is 8.42 Å². The number of aryl methyl sites for hydroxylation is 1. The zero-order valence-corrected chi connectivity index (χ0v) is 17.7. The second-order valence-electron chi connectivity index (χ2n) is 5.55. The van der Waals surface area contributed by atoms with Crippen LogP contribution >= 0.6 is 0 Å². The second kappa shape index (κ2) is 11.6. The van der Waals surface area contributed by atoms with Gasteiger partial charge in [-0.1, -0.05) is 17.7 Å². The van der Waals surface area contributed by atoms with Crippen LogP contribution in [0.15, 0.2) is 51.5 Å². The molecule has 0 bridgehead atoms. The van der Waals surface area contributed by atoms with Crippen molar-refractivity contribution in [2.24, 2.45) is 15.9 Å². The van der Waals surface area contributed by atoms with Crippen LogP contribution in [0.1, 0.15) is 11.1 Å². The third kappa shape index (κ3) is 7.24. The summed E-state index contributed by atoms with van der Waals surface area (Å²) >= 11 is 0. The molecule has 0 aromatic heterocycles. The molecule has 2 rings (SSSR count). The number of methoxy groups -OCH3 is 3. The molecule has 0 saturated heterocycles. The summed E-state index contributed by atoms with van der Waals surface area (Å²) in [4.78, 5) is -0.0666. The Morgan fingerprint density at radius 2 is 1.63 bits per heavy atom. The molecular weight excluding hydrogens is 416 g/mol. The van der Waals surface area contributed by atoms with E-state index in [-0.39, 0.29) is 10.9 Å². The minimum Gasteiger partial charge on any atom is -0.493 e. The number of rotatable bonds is 6. The molecule has 2 aromatic rings. The zero-order chi connectivity index (χ0) is 22.7. The predicted molar refractivity (Wildman–Crippen MR) is 111 cm³/mol. The molecule has 5 N–H and O–H groups in total. The van der Waals surface area contributed by atoms with Crippen molar-refractivity contribution in [3.63, 3.8) is 0 Å². The van der Waals surface area contributed by atoms with E-state index < -0.39 is 10.1 Å². The van der Waals surface area contributed by atoms with Gasteiger partial charge in [0, 0.05) is 5.56 Å². The second-order valence-corrected chi connectivity index (χ2v) is 6.97. The highest BCUT2D eigenvalue weighted by Crippen LogP contribution is 2.38. The topological polar surface area (TPSA) is 165 Å². The number of nitrogens with two attached hydrogens (primary N) is 1. The van der Waals surface area contributed by atoms with Gasteiger partial charge >= 0.3 is 0 Å². The normalized spacial score (nSPS) is 11.5. The lowest BCUT2D eigenvalue weighted by Crippen LogP contribution is -2.27. The van der Waals surface area contributed by atoms with Crippen LogP contribution in [0.4, 0.5) is 0 Å². The SMILES string of the molecule is COc1ccc(C=N/N=C(\N)NO)c(OC)c1OC.Cc1ccc(S(=O)(=O)O)cc1. The minimum absolute atomic E-state index is 0.0666. The molecule has 0 spiro atoms. The Morgan fingerprint density at radius 1 is 1.03 bits per heavy atom. The molecular formula is C18H24N4O7S. The molecule has 0 aliphatic carbocycles. The average Bonchev–Trinajstić information content (AvgIpc) is 2.73. The van der Waals surface area contributed by atoms with Gasteiger partial charge in [0.15, 0.2) is 11.5 Å². The van der Waals surface area contributed by atoms with Crippen LogP contribution in [0.3, 0.4) is 0 Å². The molecule has 2 aromatic carbocycles. The van der Waals surface area contributed by atoms with E-state index in [0.717, 1.165) is 5.56 Å². The monoisotopic (exact) mass is 440 g/mol. The van der Waals surface area contributed by atoms with Crippen molar-refractivity contribution in [1.82, 2.24) is 5.48 Å². The number of hydrogen-bond donors (Lipinski definition) is 4. The number of nitrogens with zero attached hydrogens (tertiary/aromatic N) is 2. The third-order valence-corrected chi connectivity index (χ3v) is 4.40. The van der Waals surface area contributed by atoms with Crippen LogP contribution in [0.5, 0.6) is 17.2 Å². The molecule has 164 valence electrons. The fraction of sp³-hybridized carbons (Fsp3) is 0.222. The molecule has 11 nitrogen and oxygen atoms in total. The molecule has 0 atom stereocenters. The Labute approximate surface area is 174 Å². The Hall–Kier alpha value is -3.35. The standard InChI is InChI=1S/C11H16N4O4.C7H8O3S/c1-17-8-5-4-7(6-13-14-11(12)15-16)9(18-2)10(8)19-3;1-6-2-4-7(5-3-6)11(8,9)10/h4-6,16H,1-3H3,(H3,12,14,15);2-5H,1H3,(H,8,9,10). The Kier molecular flexibility index (Phi) is 9.55. The quantitative estimate of drug-likeness (QED) is 0.226. The summed E-state index contributed by atoms with van der Waals surface area (Å²) in [5.74, 6) is 1.22. The van der Waals surface area contributed by atoms with E-state index >= 15 is 0 Å². The summed E-state index contributed by atoms with van der Waals surface area (Å²) in [5.41, 5.74) is 8.44. The van der Waals surface area contributed by atoms with E-state index in [2.05, 4.69) is 10.2 Å². The molecule has 0 fully saturated rings. The largest absolute Gasteiger partial charge is 0.493 e. The van der Waals surface area contributed by atoms with Crippen LogP contribution < -0.4 is 25.4 Å². The first kappa shape index (κ1) is 24.7. The lowest BCUT2D eigenvalue weighted by atomic mass is 10.2. The third-order valence-electron chi connectivity index (χ3n) is 3.53. The summed E-state index contributed by atoms with van der Waals surface area (Å²) in [6.07, 6.45) is 1.41. The molecule has 0 heterocycles. The number of ether oxygens (including phenoxy) is 3. The first-order chi connectivity index (χ1) is 14.2. The van der Waals surface area contributed by atoms with Gasteiger partial charge < -0.3 is 19.9 Å². The maximum absolute atomic E-state index is 10.5. The summed E-state index contributed by atoms with van der Waals surface area (Å²) in [5, 5.41) is 15.6. The maximum Gasteiger partial charge on any atom is 0.294 e. The van der Waals surface area contributed by atoms with E-state index in [1.807, 2.05) is 6.92 Å². The van der Waals surface area contributed by atoms with E-state index in [1.165, 1.54) is 39.7 Å². The molecule has 12 heteroatoms. The summed E-state index contributed by atoms with van der Waals surface area (Å²) in [6.45, 7) is 1.84. The Balaban J connectivity index is 0.000000346. The summed E-state index contributed by atoms with van der Waals surface area (Å²) < 4.78 is 45.2. The zero-order valence-electron chi connectivity index (χ0n) is 16.9. The van der Waals surface area contributed by atoms with Crippen molar-refractivity contribution in [2.45, 2.75) is 11.8 Å². The predicted octanol–water partition coefficient (Wildman–Crippen LogP) is 1.58. The van der Waals surface area contributed by atoms with Gasteiger partial charge in [0.2, 0.25) is 11.7 Å². The van der Waals surface area contributed by atoms with Gasteiger partial charge in [-0.15, -0.1) is 5.10 Å².